The molecule has 1 unspecified atom stereocenters. The first-order valence-electron chi connectivity index (χ1n) is 17.5. The number of ether oxygens (including phenoxy) is 3. The Labute approximate surface area is 311 Å². The fraction of sp³-hybridized carbons (Fsp3) is 0.350. The van der Waals surface area contributed by atoms with Gasteiger partial charge in [-0.05, 0) is 73.4 Å². The second kappa shape index (κ2) is 18.1. The van der Waals surface area contributed by atoms with Crippen LogP contribution in [-0.2, 0) is 32.6 Å². The number of nitrogens with zero attached hydrogens (tertiary/aromatic N) is 2. The fourth-order valence-corrected chi connectivity index (χ4v) is 8.04. The number of hydrogen-bond acceptors (Lipinski definition) is 7. The monoisotopic (exact) mass is 747 g/mol. The zero-order valence-corrected chi connectivity index (χ0v) is 31.4. The maximum absolute atomic E-state index is 14.9. The second-order valence-electron chi connectivity index (χ2n) is 12.6. The van der Waals surface area contributed by atoms with Gasteiger partial charge in [0.05, 0.1) is 31.4 Å². The van der Waals surface area contributed by atoms with Crippen LogP contribution in [0.3, 0.4) is 0 Å². The first-order valence-corrected chi connectivity index (χ1v) is 19.3. The number of carbonyl (C=O) groups excluding carboxylic acids is 2. The highest BCUT2D eigenvalue weighted by molar-refractivity contribution is 7.92. The summed E-state index contributed by atoms with van der Waals surface area (Å²) >= 11 is 6.64. The van der Waals surface area contributed by atoms with Crippen molar-refractivity contribution in [3.63, 3.8) is 0 Å². The molecule has 52 heavy (non-hydrogen) atoms. The third kappa shape index (κ3) is 9.57. The predicted octanol–water partition coefficient (Wildman–Crippen LogP) is 7.04. The van der Waals surface area contributed by atoms with Gasteiger partial charge in [-0.15, -0.1) is 0 Å². The largest absolute Gasteiger partial charge is 0.494 e. The van der Waals surface area contributed by atoms with E-state index in [0.29, 0.717) is 28.7 Å². The second-order valence-corrected chi connectivity index (χ2v) is 14.9. The van der Waals surface area contributed by atoms with Crippen LogP contribution in [0.4, 0.5) is 5.69 Å². The van der Waals surface area contributed by atoms with Gasteiger partial charge in [-0.2, -0.15) is 0 Å². The van der Waals surface area contributed by atoms with Crippen molar-refractivity contribution < 1.29 is 32.2 Å². The summed E-state index contributed by atoms with van der Waals surface area (Å²) in [6.45, 7) is 1.64. The molecule has 0 saturated heterocycles. The number of hydrogen-bond donors (Lipinski definition) is 1. The Kier molecular flexibility index (Phi) is 13.4. The molecular weight excluding hydrogens is 702 g/mol. The number of amides is 2. The lowest BCUT2D eigenvalue weighted by atomic mass is 9.94. The van der Waals surface area contributed by atoms with E-state index in [4.69, 9.17) is 25.8 Å². The highest BCUT2D eigenvalue weighted by atomic mass is 35.5. The fourth-order valence-electron chi connectivity index (χ4n) is 6.42. The molecule has 1 fully saturated rings. The highest BCUT2D eigenvalue weighted by Crippen LogP contribution is 2.33. The molecule has 2 amide bonds. The number of sulfonamides is 1. The average Bonchev–Trinajstić information content (AvgIpc) is 3.16. The van der Waals surface area contributed by atoms with Crippen LogP contribution in [0.1, 0.15) is 50.2 Å². The molecule has 0 heterocycles. The van der Waals surface area contributed by atoms with Crippen LogP contribution in [-0.4, -0.2) is 64.6 Å². The van der Waals surface area contributed by atoms with E-state index in [-0.39, 0.29) is 41.2 Å². The Bertz CT molecular complexity index is 1900. The average molecular weight is 748 g/mol. The van der Waals surface area contributed by atoms with Gasteiger partial charge in [-0.25, -0.2) is 8.42 Å². The minimum Gasteiger partial charge on any atom is -0.494 e. The van der Waals surface area contributed by atoms with Gasteiger partial charge < -0.3 is 24.4 Å². The Morgan fingerprint density at radius 1 is 0.865 bits per heavy atom. The summed E-state index contributed by atoms with van der Waals surface area (Å²) in [6, 6.07) is 26.4. The summed E-state index contributed by atoms with van der Waals surface area (Å²) in [5, 5.41) is 3.64. The number of benzene rings is 4. The van der Waals surface area contributed by atoms with Gasteiger partial charge in [-0.1, -0.05) is 79.4 Å². The Morgan fingerprint density at radius 3 is 2.19 bits per heavy atom. The number of halogens is 1. The molecule has 5 rings (SSSR count). The van der Waals surface area contributed by atoms with Gasteiger partial charge in [0.2, 0.25) is 11.8 Å². The highest BCUT2D eigenvalue weighted by Gasteiger charge is 2.36. The van der Waals surface area contributed by atoms with Gasteiger partial charge in [0, 0.05) is 30.1 Å². The molecule has 0 radical (unpaired) electrons. The molecule has 12 heteroatoms. The molecule has 1 aliphatic carbocycles. The molecule has 0 spiro atoms. The van der Waals surface area contributed by atoms with Crippen LogP contribution in [0, 0.1) is 0 Å². The topological polar surface area (TPSA) is 114 Å². The SMILES string of the molecule is CCOc1ccc(N(CC(=O)N(Cc2ccccc2Cl)C(Cc2ccccc2)C(=O)NC2CCCCC2)S(=O)(=O)c2ccc(OC)c(OC)c2)cc1. The molecule has 1 saturated carbocycles. The van der Waals surface area contributed by atoms with Crippen molar-refractivity contribution in [2.45, 2.75) is 69.0 Å². The smallest absolute Gasteiger partial charge is 0.264 e. The van der Waals surface area contributed by atoms with Gasteiger partial charge in [0.1, 0.15) is 18.3 Å². The number of rotatable bonds is 16. The van der Waals surface area contributed by atoms with Crippen LogP contribution >= 0.6 is 11.6 Å². The first-order chi connectivity index (χ1) is 25.1. The number of carbonyl (C=O) groups is 2. The van der Waals surface area contributed by atoms with Crippen molar-refractivity contribution in [3.05, 3.63) is 113 Å². The van der Waals surface area contributed by atoms with Gasteiger partial charge in [-0.3, -0.25) is 13.9 Å². The molecule has 276 valence electrons. The van der Waals surface area contributed by atoms with E-state index in [9.17, 15) is 18.0 Å². The molecule has 4 aromatic carbocycles. The molecule has 4 aromatic rings. The lowest BCUT2D eigenvalue weighted by Gasteiger charge is -2.35. The van der Waals surface area contributed by atoms with E-state index in [1.54, 1.807) is 42.5 Å². The summed E-state index contributed by atoms with van der Waals surface area (Å²) in [4.78, 5) is 30.5. The third-order valence-corrected chi connectivity index (χ3v) is 11.3. The van der Waals surface area contributed by atoms with Crippen LogP contribution in [0.15, 0.2) is 102 Å². The lowest BCUT2D eigenvalue weighted by molar-refractivity contribution is -0.140. The van der Waals surface area contributed by atoms with Crippen molar-refractivity contribution in [1.82, 2.24) is 10.2 Å². The van der Waals surface area contributed by atoms with E-state index in [1.165, 1.54) is 37.3 Å². The van der Waals surface area contributed by atoms with Crippen LogP contribution in [0.25, 0.3) is 0 Å². The third-order valence-electron chi connectivity index (χ3n) is 9.18. The maximum atomic E-state index is 14.9. The van der Waals surface area contributed by atoms with Gasteiger partial charge in [0.15, 0.2) is 11.5 Å². The molecule has 0 bridgehead atoms. The minimum atomic E-state index is -4.39. The summed E-state index contributed by atoms with van der Waals surface area (Å²) in [5.74, 6) is 0.223. The number of methoxy groups -OCH3 is 2. The molecule has 1 atom stereocenters. The number of anilines is 1. The van der Waals surface area contributed by atoms with Gasteiger partial charge in [0.25, 0.3) is 10.0 Å². The van der Waals surface area contributed by atoms with Crippen molar-refractivity contribution in [2.24, 2.45) is 0 Å². The number of nitrogens with one attached hydrogen (secondary N) is 1. The molecule has 1 aliphatic rings. The van der Waals surface area contributed by atoms with Crippen LogP contribution in [0.5, 0.6) is 17.2 Å². The van der Waals surface area contributed by atoms with Crippen molar-refractivity contribution in [1.29, 1.82) is 0 Å². The first kappa shape index (κ1) is 38.5. The minimum absolute atomic E-state index is 0.0115. The molecule has 0 aliphatic heterocycles. The summed E-state index contributed by atoms with van der Waals surface area (Å²) in [6.07, 6.45) is 5.08. The van der Waals surface area contributed by atoms with E-state index in [1.807, 2.05) is 43.3 Å². The zero-order valence-electron chi connectivity index (χ0n) is 29.8. The Balaban J connectivity index is 1.59. The van der Waals surface area contributed by atoms with Crippen molar-refractivity contribution in [3.8, 4) is 17.2 Å². The summed E-state index contributed by atoms with van der Waals surface area (Å²) < 4.78 is 46.5. The molecule has 0 aromatic heterocycles. The lowest BCUT2D eigenvalue weighted by Crippen LogP contribution is -2.55. The van der Waals surface area contributed by atoms with E-state index in [0.717, 1.165) is 42.0 Å². The predicted molar refractivity (Wildman–Crippen MR) is 203 cm³/mol. The van der Waals surface area contributed by atoms with Crippen LogP contribution < -0.4 is 23.8 Å². The standard InChI is InChI=1S/C40H46ClN3O7S/c1-4-51-33-21-19-32(20-22-33)44(52(47,48)34-23-24-37(49-2)38(26-34)50-3)28-39(45)43(27-30-15-11-12-18-35(30)41)36(25-29-13-7-5-8-14-29)40(46)42-31-16-9-6-10-17-31/h5,7-8,11-15,18-24,26,31,36H,4,6,9-10,16-17,25,27-28H2,1-3H3,(H,42,46). The summed E-state index contributed by atoms with van der Waals surface area (Å²) in [5.41, 5.74) is 1.71. The van der Waals surface area contributed by atoms with Gasteiger partial charge >= 0.3 is 0 Å². The van der Waals surface area contributed by atoms with Crippen LogP contribution in [0.2, 0.25) is 5.02 Å². The maximum Gasteiger partial charge on any atom is 0.264 e. The normalized spacial score (nSPS) is 13.8. The van der Waals surface area contributed by atoms with E-state index >= 15 is 0 Å². The van der Waals surface area contributed by atoms with Crippen molar-refractivity contribution >= 4 is 39.1 Å². The molecular formula is C40H46ClN3O7S. The summed E-state index contributed by atoms with van der Waals surface area (Å²) in [7, 11) is -1.52. The van der Waals surface area contributed by atoms with E-state index in [2.05, 4.69) is 5.32 Å². The molecule has 1 N–H and O–H groups in total. The van der Waals surface area contributed by atoms with E-state index < -0.39 is 28.5 Å². The Hall–Kier alpha value is -4.74. The quantitative estimate of drug-likeness (QED) is 0.131. The zero-order chi connectivity index (χ0) is 37.1. The van der Waals surface area contributed by atoms with Crippen molar-refractivity contribution in [2.75, 3.05) is 31.7 Å². The Morgan fingerprint density at radius 2 is 1.54 bits per heavy atom. The molecule has 10 nitrogen and oxygen atoms in total.